The van der Waals surface area contributed by atoms with Gasteiger partial charge in [0.1, 0.15) is 6.61 Å². The number of ether oxygens (including phenoxy) is 2. The number of nitrogens with zero attached hydrogens (tertiary/aromatic N) is 1. The number of hydrogen-bond donors (Lipinski definition) is 1. The molecule has 0 saturated carbocycles. The van der Waals surface area contributed by atoms with Gasteiger partial charge in [0.2, 0.25) is 0 Å². The molecule has 0 bridgehead atoms. The van der Waals surface area contributed by atoms with Crippen molar-refractivity contribution in [2.75, 3.05) is 39.5 Å². The SMILES string of the molecule is CC(C)CN1CCOC(COCC(=O)O)C1. The smallest absolute Gasteiger partial charge is 0.329 e. The van der Waals surface area contributed by atoms with Gasteiger partial charge in [-0.25, -0.2) is 4.79 Å². The minimum atomic E-state index is -0.935. The molecule has 94 valence electrons. The molecule has 0 spiro atoms. The summed E-state index contributed by atoms with van der Waals surface area (Å²) in [5.74, 6) is -0.298. The van der Waals surface area contributed by atoms with E-state index < -0.39 is 5.97 Å². The predicted molar refractivity (Wildman–Crippen MR) is 59.5 cm³/mol. The standard InChI is InChI=1S/C11H21NO4/c1-9(2)5-12-3-4-16-10(6-12)7-15-8-11(13)14/h9-10H,3-8H2,1-2H3,(H,13,14). The molecule has 1 saturated heterocycles. The Morgan fingerprint density at radius 3 is 3.00 bits per heavy atom. The van der Waals surface area contributed by atoms with Gasteiger partial charge in [0.15, 0.2) is 0 Å². The fourth-order valence-corrected chi connectivity index (χ4v) is 1.84. The van der Waals surface area contributed by atoms with Crippen LogP contribution in [0.5, 0.6) is 0 Å². The van der Waals surface area contributed by atoms with E-state index in [1.165, 1.54) is 0 Å². The summed E-state index contributed by atoms with van der Waals surface area (Å²) in [5.41, 5.74) is 0. The van der Waals surface area contributed by atoms with Crippen LogP contribution in [-0.2, 0) is 14.3 Å². The fourth-order valence-electron chi connectivity index (χ4n) is 1.84. The van der Waals surface area contributed by atoms with Crippen molar-refractivity contribution in [1.82, 2.24) is 4.90 Å². The summed E-state index contributed by atoms with van der Waals surface area (Å²) in [6.07, 6.45) is 0.00634. The lowest BCUT2D eigenvalue weighted by atomic mass is 10.2. The molecule has 0 aromatic heterocycles. The van der Waals surface area contributed by atoms with Crippen molar-refractivity contribution in [3.63, 3.8) is 0 Å². The first-order valence-corrected chi connectivity index (χ1v) is 5.71. The highest BCUT2D eigenvalue weighted by Crippen LogP contribution is 2.08. The van der Waals surface area contributed by atoms with Crippen LogP contribution in [0.15, 0.2) is 0 Å². The van der Waals surface area contributed by atoms with Gasteiger partial charge < -0.3 is 14.6 Å². The molecule has 5 nitrogen and oxygen atoms in total. The quantitative estimate of drug-likeness (QED) is 0.719. The first-order chi connectivity index (χ1) is 7.58. The van der Waals surface area contributed by atoms with E-state index >= 15 is 0 Å². The minimum Gasteiger partial charge on any atom is -0.480 e. The molecule has 1 atom stereocenters. The van der Waals surface area contributed by atoms with E-state index in [4.69, 9.17) is 14.6 Å². The van der Waals surface area contributed by atoms with Gasteiger partial charge >= 0.3 is 5.97 Å². The molecule has 1 heterocycles. The molecule has 1 rings (SSSR count). The molecule has 5 heteroatoms. The zero-order chi connectivity index (χ0) is 12.0. The maximum atomic E-state index is 10.3. The van der Waals surface area contributed by atoms with E-state index in [0.29, 0.717) is 19.1 Å². The maximum Gasteiger partial charge on any atom is 0.329 e. The molecular weight excluding hydrogens is 210 g/mol. The van der Waals surface area contributed by atoms with Crippen molar-refractivity contribution in [2.24, 2.45) is 5.92 Å². The first kappa shape index (κ1) is 13.4. The summed E-state index contributed by atoms with van der Waals surface area (Å²) in [6.45, 7) is 8.03. The van der Waals surface area contributed by atoms with Crippen LogP contribution in [0, 0.1) is 5.92 Å². The highest BCUT2D eigenvalue weighted by atomic mass is 16.5. The van der Waals surface area contributed by atoms with Gasteiger partial charge in [0.25, 0.3) is 0 Å². The number of morpholine rings is 1. The summed E-state index contributed by atoms with van der Waals surface area (Å²) in [6, 6.07) is 0. The molecule has 0 aliphatic carbocycles. The van der Waals surface area contributed by atoms with E-state index in [1.807, 2.05) is 0 Å². The van der Waals surface area contributed by atoms with Crippen molar-refractivity contribution in [3.8, 4) is 0 Å². The molecule has 1 fully saturated rings. The largest absolute Gasteiger partial charge is 0.480 e. The second kappa shape index (κ2) is 6.83. The third kappa shape index (κ3) is 5.44. The van der Waals surface area contributed by atoms with Gasteiger partial charge in [-0.15, -0.1) is 0 Å². The van der Waals surface area contributed by atoms with Gasteiger partial charge in [-0.3, -0.25) is 4.90 Å². The second-order valence-electron chi connectivity index (χ2n) is 4.56. The Morgan fingerprint density at radius 2 is 2.38 bits per heavy atom. The highest BCUT2D eigenvalue weighted by Gasteiger charge is 2.21. The van der Waals surface area contributed by atoms with Crippen LogP contribution >= 0.6 is 0 Å². The van der Waals surface area contributed by atoms with E-state index in [1.54, 1.807) is 0 Å². The Hall–Kier alpha value is -0.650. The number of aliphatic carboxylic acids is 1. The van der Waals surface area contributed by atoms with Gasteiger partial charge in [0, 0.05) is 19.6 Å². The van der Waals surface area contributed by atoms with Crippen molar-refractivity contribution in [3.05, 3.63) is 0 Å². The Balaban J connectivity index is 2.19. The van der Waals surface area contributed by atoms with Crippen LogP contribution in [0.4, 0.5) is 0 Å². The summed E-state index contributed by atoms with van der Waals surface area (Å²) in [4.78, 5) is 12.6. The number of rotatable bonds is 6. The van der Waals surface area contributed by atoms with Gasteiger partial charge in [0.05, 0.1) is 19.3 Å². The van der Waals surface area contributed by atoms with Crippen LogP contribution in [-0.4, -0.2) is 61.5 Å². The highest BCUT2D eigenvalue weighted by molar-refractivity contribution is 5.67. The average Bonchev–Trinajstić information content (AvgIpc) is 2.16. The maximum absolute atomic E-state index is 10.3. The van der Waals surface area contributed by atoms with Gasteiger partial charge in [-0.05, 0) is 5.92 Å². The topological polar surface area (TPSA) is 59.0 Å². The zero-order valence-corrected chi connectivity index (χ0v) is 10.0. The third-order valence-electron chi connectivity index (χ3n) is 2.38. The molecule has 1 aliphatic rings. The number of carboxylic acids is 1. The van der Waals surface area contributed by atoms with Crippen LogP contribution in [0.1, 0.15) is 13.8 Å². The van der Waals surface area contributed by atoms with Crippen molar-refractivity contribution in [1.29, 1.82) is 0 Å². The van der Waals surface area contributed by atoms with Crippen LogP contribution < -0.4 is 0 Å². The molecule has 0 radical (unpaired) electrons. The summed E-state index contributed by atoms with van der Waals surface area (Å²) < 4.78 is 10.5. The lowest BCUT2D eigenvalue weighted by Gasteiger charge is -2.33. The monoisotopic (exact) mass is 231 g/mol. The van der Waals surface area contributed by atoms with Crippen molar-refractivity contribution < 1.29 is 19.4 Å². The zero-order valence-electron chi connectivity index (χ0n) is 10.0. The summed E-state index contributed by atoms with van der Waals surface area (Å²) >= 11 is 0. The summed E-state index contributed by atoms with van der Waals surface area (Å²) in [5, 5.41) is 8.44. The predicted octanol–water partition coefficient (Wildman–Crippen LogP) is 0.444. The lowest BCUT2D eigenvalue weighted by Crippen LogP contribution is -2.45. The normalized spacial score (nSPS) is 22.6. The molecular formula is C11H21NO4. The minimum absolute atomic E-state index is 0.00634. The Labute approximate surface area is 96.3 Å². The Morgan fingerprint density at radius 1 is 1.62 bits per heavy atom. The molecule has 1 N–H and O–H groups in total. The Kier molecular flexibility index (Phi) is 5.73. The van der Waals surface area contributed by atoms with Gasteiger partial charge in [-0.2, -0.15) is 0 Å². The number of carboxylic acid groups (broad SMARTS) is 1. The van der Waals surface area contributed by atoms with Crippen LogP contribution in [0.25, 0.3) is 0 Å². The molecule has 1 aliphatic heterocycles. The van der Waals surface area contributed by atoms with Crippen LogP contribution in [0.2, 0.25) is 0 Å². The lowest BCUT2D eigenvalue weighted by molar-refractivity contribution is -0.144. The van der Waals surface area contributed by atoms with E-state index in [0.717, 1.165) is 19.6 Å². The average molecular weight is 231 g/mol. The fraction of sp³-hybridized carbons (Fsp3) is 0.909. The van der Waals surface area contributed by atoms with E-state index in [2.05, 4.69) is 18.7 Å². The molecule has 16 heavy (non-hydrogen) atoms. The van der Waals surface area contributed by atoms with Crippen LogP contribution in [0.3, 0.4) is 0 Å². The van der Waals surface area contributed by atoms with Crippen molar-refractivity contribution in [2.45, 2.75) is 20.0 Å². The number of carbonyl (C=O) groups is 1. The van der Waals surface area contributed by atoms with E-state index in [-0.39, 0.29) is 12.7 Å². The molecule has 0 aromatic rings. The summed E-state index contributed by atoms with van der Waals surface area (Å²) in [7, 11) is 0. The molecule has 0 amide bonds. The first-order valence-electron chi connectivity index (χ1n) is 5.71. The third-order valence-corrected chi connectivity index (χ3v) is 2.38. The number of hydrogen-bond acceptors (Lipinski definition) is 4. The second-order valence-corrected chi connectivity index (χ2v) is 4.56. The Bertz CT molecular complexity index is 220. The van der Waals surface area contributed by atoms with Crippen molar-refractivity contribution >= 4 is 5.97 Å². The molecule has 0 aromatic carbocycles. The molecule has 1 unspecified atom stereocenters. The van der Waals surface area contributed by atoms with E-state index in [9.17, 15) is 4.79 Å². The van der Waals surface area contributed by atoms with Gasteiger partial charge in [-0.1, -0.05) is 13.8 Å².